The molecule has 2 rings (SSSR count). The molecule has 0 atom stereocenters. The van der Waals surface area contributed by atoms with E-state index in [9.17, 15) is 9.18 Å². The highest BCUT2D eigenvalue weighted by Crippen LogP contribution is 2.21. The fourth-order valence-corrected chi connectivity index (χ4v) is 2.19. The number of nitrogen functional groups attached to an aromatic ring is 1. The number of carbonyl (C=O) groups excluding carboxylic acids is 1. The molecule has 0 saturated carbocycles. The number of hydrogen-bond acceptors (Lipinski definition) is 3. The van der Waals surface area contributed by atoms with Crippen molar-refractivity contribution in [1.82, 2.24) is 4.98 Å². The Morgan fingerprint density at radius 1 is 1.37 bits per heavy atom. The van der Waals surface area contributed by atoms with E-state index in [4.69, 9.17) is 17.3 Å². The van der Waals surface area contributed by atoms with Crippen molar-refractivity contribution >= 4 is 51.6 Å². The van der Waals surface area contributed by atoms with Crippen molar-refractivity contribution in [1.29, 1.82) is 0 Å². The minimum absolute atomic E-state index is 0.0294. The molecule has 1 aromatic carbocycles. The maximum Gasteiger partial charge on any atom is 0.275 e. The quantitative estimate of drug-likeness (QED) is 0.772. The molecule has 4 nitrogen and oxygen atoms in total. The van der Waals surface area contributed by atoms with Crippen LogP contribution in [-0.4, -0.2) is 10.9 Å². The summed E-state index contributed by atoms with van der Waals surface area (Å²) in [6, 6.07) is 7.03. The van der Waals surface area contributed by atoms with Crippen LogP contribution in [0.1, 0.15) is 10.5 Å². The van der Waals surface area contributed by atoms with Gasteiger partial charge in [0.2, 0.25) is 0 Å². The fourth-order valence-electron chi connectivity index (χ4n) is 1.39. The number of benzene rings is 1. The largest absolute Gasteiger partial charge is 0.384 e. The first-order valence-corrected chi connectivity index (χ1v) is 6.61. The molecule has 1 heterocycles. The Bertz CT molecular complexity index is 651. The van der Waals surface area contributed by atoms with Gasteiger partial charge in [0, 0.05) is 3.57 Å². The van der Waals surface area contributed by atoms with Crippen LogP contribution in [0.3, 0.4) is 0 Å². The van der Waals surface area contributed by atoms with E-state index < -0.39 is 5.91 Å². The zero-order valence-electron chi connectivity index (χ0n) is 9.45. The number of amides is 1. The smallest absolute Gasteiger partial charge is 0.275 e. The van der Waals surface area contributed by atoms with E-state index >= 15 is 0 Å². The number of rotatable bonds is 2. The van der Waals surface area contributed by atoms with Crippen molar-refractivity contribution in [3.63, 3.8) is 0 Å². The molecule has 3 N–H and O–H groups in total. The van der Waals surface area contributed by atoms with Gasteiger partial charge < -0.3 is 11.1 Å². The average Bonchev–Trinajstić information content (AvgIpc) is 2.35. The van der Waals surface area contributed by atoms with Gasteiger partial charge in [-0.2, -0.15) is 0 Å². The minimum Gasteiger partial charge on any atom is -0.384 e. The molecule has 19 heavy (non-hydrogen) atoms. The number of carbonyl (C=O) groups is 1. The summed E-state index contributed by atoms with van der Waals surface area (Å²) in [6.07, 6.45) is 0. The third-order valence-electron chi connectivity index (χ3n) is 2.26. The lowest BCUT2D eigenvalue weighted by molar-refractivity contribution is 0.102. The van der Waals surface area contributed by atoms with E-state index in [1.165, 1.54) is 30.3 Å². The first-order valence-electron chi connectivity index (χ1n) is 5.16. The third kappa shape index (κ3) is 3.32. The summed E-state index contributed by atoms with van der Waals surface area (Å²) in [5.41, 5.74) is 6.02. The molecule has 0 bridgehead atoms. The number of hydrogen-bond donors (Lipinski definition) is 2. The minimum atomic E-state index is -0.498. The van der Waals surface area contributed by atoms with Gasteiger partial charge in [-0.15, -0.1) is 0 Å². The lowest BCUT2D eigenvalue weighted by atomic mass is 10.3. The van der Waals surface area contributed by atoms with E-state index in [0.717, 1.165) is 0 Å². The summed E-state index contributed by atoms with van der Waals surface area (Å²) in [4.78, 5) is 15.9. The van der Waals surface area contributed by atoms with Gasteiger partial charge in [0.15, 0.2) is 0 Å². The van der Waals surface area contributed by atoms with Gasteiger partial charge >= 0.3 is 0 Å². The second kappa shape index (κ2) is 5.70. The highest BCUT2D eigenvalue weighted by Gasteiger charge is 2.14. The molecule has 0 saturated heterocycles. The molecule has 1 amide bonds. The van der Waals surface area contributed by atoms with E-state index in [1.54, 1.807) is 0 Å². The Balaban J connectivity index is 2.28. The van der Waals surface area contributed by atoms with Crippen LogP contribution >= 0.6 is 34.2 Å². The first kappa shape index (κ1) is 14.0. The molecular formula is C12H8ClFIN3O. The van der Waals surface area contributed by atoms with Crippen LogP contribution < -0.4 is 11.1 Å². The number of nitrogens with one attached hydrogen (secondary N) is 1. The molecule has 0 radical (unpaired) electrons. The topological polar surface area (TPSA) is 68.0 Å². The molecule has 0 spiro atoms. The zero-order valence-corrected chi connectivity index (χ0v) is 12.4. The van der Waals surface area contributed by atoms with Crippen LogP contribution in [0.15, 0.2) is 30.3 Å². The molecule has 1 aromatic heterocycles. The molecule has 0 aliphatic heterocycles. The Kier molecular flexibility index (Phi) is 4.20. The molecule has 98 valence electrons. The number of nitrogens with two attached hydrogens (primary N) is 1. The third-order valence-corrected chi connectivity index (χ3v) is 3.46. The lowest BCUT2D eigenvalue weighted by Gasteiger charge is -2.08. The molecular weight excluding hydrogens is 384 g/mol. The number of aromatic nitrogens is 1. The van der Waals surface area contributed by atoms with Gasteiger partial charge in [-0.1, -0.05) is 11.6 Å². The van der Waals surface area contributed by atoms with E-state index in [2.05, 4.69) is 10.3 Å². The van der Waals surface area contributed by atoms with E-state index in [-0.39, 0.29) is 22.4 Å². The van der Waals surface area contributed by atoms with Crippen LogP contribution in [0.2, 0.25) is 5.02 Å². The first-order chi connectivity index (χ1) is 8.97. The van der Waals surface area contributed by atoms with Gasteiger partial charge in [-0.3, -0.25) is 4.79 Å². The second-order valence-electron chi connectivity index (χ2n) is 3.64. The van der Waals surface area contributed by atoms with Gasteiger partial charge in [0.05, 0.1) is 10.7 Å². The van der Waals surface area contributed by atoms with Crippen molar-refractivity contribution < 1.29 is 9.18 Å². The molecule has 0 fully saturated rings. The highest BCUT2D eigenvalue weighted by atomic mass is 127. The van der Waals surface area contributed by atoms with Crippen LogP contribution in [0.5, 0.6) is 0 Å². The highest BCUT2D eigenvalue weighted by molar-refractivity contribution is 14.1. The van der Waals surface area contributed by atoms with Crippen molar-refractivity contribution in [3.8, 4) is 0 Å². The monoisotopic (exact) mass is 391 g/mol. The van der Waals surface area contributed by atoms with Crippen molar-refractivity contribution in [2.24, 2.45) is 0 Å². The van der Waals surface area contributed by atoms with Gasteiger partial charge in [0.25, 0.3) is 5.91 Å². The summed E-state index contributed by atoms with van der Waals surface area (Å²) < 4.78 is 13.5. The predicted octanol–water partition coefficient (Wildman–Crippen LogP) is 3.31. The summed E-state index contributed by atoms with van der Waals surface area (Å²) in [6.45, 7) is 0. The molecule has 2 aromatic rings. The number of nitrogens with zero attached hydrogens (tertiary/aromatic N) is 1. The normalized spacial score (nSPS) is 10.3. The molecule has 7 heteroatoms. The Morgan fingerprint density at radius 2 is 2.11 bits per heavy atom. The van der Waals surface area contributed by atoms with Crippen molar-refractivity contribution in [3.05, 3.63) is 50.4 Å². The van der Waals surface area contributed by atoms with Crippen LogP contribution in [0.4, 0.5) is 15.9 Å². The van der Waals surface area contributed by atoms with Crippen LogP contribution in [-0.2, 0) is 0 Å². The second-order valence-corrected chi connectivity index (χ2v) is 5.21. The lowest BCUT2D eigenvalue weighted by Crippen LogP contribution is -2.15. The van der Waals surface area contributed by atoms with Crippen molar-refractivity contribution in [2.75, 3.05) is 11.1 Å². The van der Waals surface area contributed by atoms with Crippen LogP contribution in [0.25, 0.3) is 0 Å². The number of anilines is 2. The van der Waals surface area contributed by atoms with Crippen molar-refractivity contribution in [2.45, 2.75) is 0 Å². The van der Waals surface area contributed by atoms with Gasteiger partial charge in [0.1, 0.15) is 17.3 Å². The van der Waals surface area contributed by atoms with E-state index in [0.29, 0.717) is 9.26 Å². The zero-order chi connectivity index (χ0) is 14.0. The van der Waals surface area contributed by atoms with E-state index in [1.807, 2.05) is 22.6 Å². The summed E-state index contributed by atoms with van der Waals surface area (Å²) in [7, 11) is 0. The average molecular weight is 392 g/mol. The standard InChI is InChI=1S/C12H8ClFIN3O/c13-7-2-4-10(16)18-11(7)12(19)17-9-3-1-6(14)5-8(9)15/h1-5H,(H2,16,18)(H,17,19). The van der Waals surface area contributed by atoms with Crippen LogP contribution in [0, 0.1) is 9.39 Å². The Hall–Kier alpha value is -1.41. The molecule has 0 unspecified atom stereocenters. The maximum atomic E-state index is 13.0. The molecule has 0 aliphatic rings. The fraction of sp³-hybridized carbons (Fsp3) is 0. The SMILES string of the molecule is Nc1ccc(Cl)c(C(=O)Nc2ccc(F)cc2I)n1. The maximum absolute atomic E-state index is 13.0. The van der Waals surface area contributed by atoms with Gasteiger partial charge in [-0.25, -0.2) is 9.37 Å². The summed E-state index contributed by atoms with van der Waals surface area (Å²) in [5, 5.41) is 2.80. The Morgan fingerprint density at radius 3 is 2.79 bits per heavy atom. The summed E-state index contributed by atoms with van der Waals surface area (Å²) in [5.74, 6) is -0.673. The number of halogens is 3. The Labute approximate surface area is 127 Å². The number of pyridine rings is 1. The summed E-state index contributed by atoms with van der Waals surface area (Å²) >= 11 is 7.80. The predicted molar refractivity (Wildman–Crippen MR) is 80.7 cm³/mol. The van der Waals surface area contributed by atoms with Gasteiger partial charge in [-0.05, 0) is 52.9 Å². The molecule has 0 aliphatic carbocycles.